The molecule has 11 heteroatoms. The van der Waals surface area contributed by atoms with Crippen molar-refractivity contribution in [3.8, 4) is 0 Å². The molecule has 0 aliphatic carbocycles. The summed E-state index contributed by atoms with van der Waals surface area (Å²) in [6.07, 6.45) is -2.28. The Labute approximate surface area is 190 Å². The van der Waals surface area contributed by atoms with E-state index in [9.17, 15) is 22.4 Å². The molecule has 0 saturated carbocycles. The summed E-state index contributed by atoms with van der Waals surface area (Å²) in [6.45, 7) is -1.46. The van der Waals surface area contributed by atoms with Gasteiger partial charge in [-0.05, 0) is 29.3 Å². The molecule has 0 atom stereocenters. The molecule has 1 heterocycles. The highest BCUT2D eigenvalue weighted by Gasteiger charge is 2.40. The van der Waals surface area contributed by atoms with Gasteiger partial charge in [0.1, 0.15) is 11.6 Å². The number of amides is 1. The topological polar surface area (TPSA) is 56.2 Å². The van der Waals surface area contributed by atoms with Crippen LogP contribution in [0.2, 0.25) is 10.0 Å². The van der Waals surface area contributed by atoms with Crippen molar-refractivity contribution in [2.75, 3.05) is 11.9 Å². The molecule has 0 spiro atoms. The molecule has 0 unspecified atom stereocenters. The van der Waals surface area contributed by atoms with Crippen LogP contribution in [0.1, 0.15) is 21.5 Å². The Hall–Kier alpha value is -2.62. The predicted molar refractivity (Wildman–Crippen MR) is 113 cm³/mol. The van der Waals surface area contributed by atoms with Crippen molar-refractivity contribution in [2.24, 2.45) is 0 Å². The van der Waals surface area contributed by atoms with Gasteiger partial charge in [0.2, 0.25) is 0 Å². The molecular formula is C21H17Cl2F4N3O2. The molecule has 32 heavy (non-hydrogen) atoms. The molecule has 2 aromatic carbocycles. The van der Waals surface area contributed by atoms with Crippen molar-refractivity contribution >= 4 is 34.9 Å². The monoisotopic (exact) mass is 489 g/mol. The van der Waals surface area contributed by atoms with E-state index in [0.717, 1.165) is 5.56 Å². The number of anilines is 1. The fraction of sp³-hybridized carbons (Fsp3) is 0.238. The number of benzene rings is 2. The maximum absolute atomic E-state index is 12.9. The Morgan fingerprint density at radius 1 is 1.12 bits per heavy atom. The van der Waals surface area contributed by atoms with Gasteiger partial charge in [-0.2, -0.15) is 13.9 Å². The largest absolute Gasteiger partial charge is 0.370 e. The maximum Gasteiger partial charge on any atom is 0.330 e. The predicted octanol–water partition coefficient (Wildman–Crippen LogP) is 5.91. The number of nitrogens with one attached hydrogen (secondary N) is 1. The van der Waals surface area contributed by atoms with Crippen LogP contribution in [-0.4, -0.2) is 34.6 Å². The molecule has 170 valence electrons. The van der Waals surface area contributed by atoms with Gasteiger partial charge in [0.25, 0.3) is 5.91 Å². The van der Waals surface area contributed by atoms with Gasteiger partial charge < -0.3 is 10.1 Å². The van der Waals surface area contributed by atoms with Gasteiger partial charge in [-0.1, -0.05) is 53.5 Å². The van der Waals surface area contributed by atoms with Crippen LogP contribution in [0.3, 0.4) is 0 Å². The fourth-order valence-electron chi connectivity index (χ4n) is 2.71. The van der Waals surface area contributed by atoms with E-state index in [1.165, 1.54) is 35.1 Å². The summed E-state index contributed by atoms with van der Waals surface area (Å²) >= 11 is 12.3. The lowest BCUT2D eigenvalue weighted by Crippen LogP contribution is -2.32. The number of hydrogen-bond acceptors (Lipinski definition) is 3. The molecule has 5 nitrogen and oxygen atoms in total. The average molecular weight is 490 g/mol. The molecule has 1 amide bonds. The minimum Gasteiger partial charge on any atom is -0.370 e. The molecule has 1 N–H and O–H groups in total. The van der Waals surface area contributed by atoms with E-state index in [1.54, 1.807) is 12.1 Å². The number of ether oxygens (including phenoxy) is 1. The first kappa shape index (κ1) is 24.0. The van der Waals surface area contributed by atoms with Crippen LogP contribution in [0.25, 0.3) is 0 Å². The van der Waals surface area contributed by atoms with Gasteiger partial charge in [0, 0.05) is 16.8 Å². The molecule has 0 radical (unpaired) electrons. The first-order chi connectivity index (χ1) is 15.2. The van der Waals surface area contributed by atoms with E-state index < -0.39 is 24.9 Å². The molecule has 0 bridgehead atoms. The Morgan fingerprint density at radius 3 is 2.59 bits per heavy atom. The minimum absolute atomic E-state index is 0.127. The van der Waals surface area contributed by atoms with Crippen LogP contribution in [0, 0.1) is 0 Å². The maximum atomic E-state index is 12.9. The van der Waals surface area contributed by atoms with Crippen molar-refractivity contribution in [1.29, 1.82) is 0 Å². The van der Waals surface area contributed by atoms with Gasteiger partial charge >= 0.3 is 12.3 Å². The second-order valence-corrected chi connectivity index (χ2v) is 7.64. The zero-order chi connectivity index (χ0) is 23.3. The second-order valence-electron chi connectivity index (χ2n) is 6.82. The van der Waals surface area contributed by atoms with Gasteiger partial charge in [-0.15, -0.1) is 0 Å². The van der Waals surface area contributed by atoms with E-state index in [-0.39, 0.29) is 23.0 Å². The normalized spacial score (nSPS) is 11.7. The zero-order valence-electron chi connectivity index (χ0n) is 16.4. The highest BCUT2D eigenvalue weighted by molar-refractivity contribution is 6.33. The summed E-state index contributed by atoms with van der Waals surface area (Å²) < 4.78 is 56.4. The SMILES string of the molecule is O=C(Nc1nn(Cc2ccccc2Cl)cc1Cl)c1cccc(COCC(F)(F)C(F)F)c1. The highest BCUT2D eigenvalue weighted by atomic mass is 35.5. The third kappa shape index (κ3) is 6.21. The molecule has 0 aliphatic rings. The molecule has 0 fully saturated rings. The number of aromatic nitrogens is 2. The number of hydrogen-bond donors (Lipinski definition) is 1. The summed E-state index contributed by atoms with van der Waals surface area (Å²) in [4.78, 5) is 12.6. The van der Waals surface area contributed by atoms with Crippen LogP contribution < -0.4 is 5.32 Å². The summed E-state index contributed by atoms with van der Waals surface area (Å²) in [5.74, 6) is -4.66. The Balaban J connectivity index is 1.63. The van der Waals surface area contributed by atoms with Gasteiger partial charge in [-0.25, -0.2) is 8.78 Å². The fourth-order valence-corrected chi connectivity index (χ4v) is 3.11. The number of nitrogens with zero attached hydrogens (tertiary/aromatic N) is 2. The van der Waals surface area contributed by atoms with E-state index in [0.29, 0.717) is 17.1 Å². The lowest BCUT2D eigenvalue weighted by Gasteiger charge is -2.15. The van der Waals surface area contributed by atoms with E-state index >= 15 is 0 Å². The molecule has 0 aliphatic heterocycles. The summed E-state index contributed by atoms with van der Waals surface area (Å²) in [6, 6.07) is 13.1. The number of alkyl halides is 4. The van der Waals surface area contributed by atoms with Gasteiger partial charge in [-0.3, -0.25) is 9.48 Å². The van der Waals surface area contributed by atoms with Crippen molar-refractivity contribution in [3.63, 3.8) is 0 Å². The standard InChI is InChI=1S/C21H17Cl2F4N3O2/c22-16-7-2-1-5-15(16)9-30-10-17(23)18(29-30)28-19(31)14-6-3-4-13(8-14)11-32-12-21(26,27)20(24)25/h1-8,10,20H,9,11-12H2,(H,28,29,31). The van der Waals surface area contributed by atoms with Crippen molar-refractivity contribution in [2.45, 2.75) is 25.5 Å². The Bertz CT molecular complexity index is 1090. The second kappa shape index (κ2) is 10.3. The zero-order valence-corrected chi connectivity index (χ0v) is 17.9. The van der Waals surface area contributed by atoms with Gasteiger partial charge in [0.15, 0.2) is 5.82 Å². The van der Waals surface area contributed by atoms with E-state index in [1.807, 2.05) is 12.1 Å². The smallest absolute Gasteiger partial charge is 0.330 e. The third-order valence-corrected chi connectivity index (χ3v) is 4.96. The summed E-state index contributed by atoms with van der Waals surface area (Å²) in [5.41, 5.74) is 1.36. The van der Waals surface area contributed by atoms with Crippen LogP contribution in [0.5, 0.6) is 0 Å². The Kier molecular flexibility index (Phi) is 7.76. The van der Waals surface area contributed by atoms with Crippen molar-refractivity contribution in [3.05, 3.63) is 81.5 Å². The summed E-state index contributed by atoms with van der Waals surface area (Å²) in [5, 5.41) is 7.59. The van der Waals surface area contributed by atoms with Gasteiger partial charge in [0.05, 0.1) is 13.2 Å². The Morgan fingerprint density at radius 2 is 1.88 bits per heavy atom. The number of halogens is 6. The van der Waals surface area contributed by atoms with E-state index in [4.69, 9.17) is 23.2 Å². The average Bonchev–Trinajstić information content (AvgIpc) is 3.08. The first-order valence-corrected chi connectivity index (χ1v) is 10.0. The van der Waals surface area contributed by atoms with Crippen molar-refractivity contribution < 1.29 is 27.1 Å². The number of rotatable bonds is 9. The van der Waals surface area contributed by atoms with E-state index in [2.05, 4.69) is 15.2 Å². The van der Waals surface area contributed by atoms with Crippen LogP contribution in [0.4, 0.5) is 23.4 Å². The minimum atomic E-state index is -4.24. The number of carbonyl (C=O) groups excluding carboxylic acids is 1. The molecule has 3 aromatic rings. The lowest BCUT2D eigenvalue weighted by atomic mass is 10.1. The first-order valence-electron chi connectivity index (χ1n) is 9.26. The lowest BCUT2D eigenvalue weighted by molar-refractivity contribution is -0.168. The van der Waals surface area contributed by atoms with Crippen LogP contribution in [0.15, 0.2) is 54.7 Å². The molecule has 0 saturated heterocycles. The summed E-state index contributed by atoms with van der Waals surface area (Å²) in [7, 11) is 0. The third-order valence-electron chi connectivity index (χ3n) is 4.31. The quantitative estimate of drug-likeness (QED) is 0.380. The molecule has 1 aromatic heterocycles. The van der Waals surface area contributed by atoms with Crippen LogP contribution >= 0.6 is 23.2 Å². The molecule has 3 rings (SSSR count). The van der Waals surface area contributed by atoms with Crippen LogP contribution in [-0.2, 0) is 17.9 Å². The van der Waals surface area contributed by atoms with Crippen molar-refractivity contribution in [1.82, 2.24) is 9.78 Å². The highest BCUT2D eigenvalue weighted by Crippen LogP contribution is 2.24. The number of carbonyl (C=O) groups is 1. The molecular weight excluding hydrogens is 473 g/mol.